The Morgan fingerprint density at radius 1 is 1.00 bits per heavy atom. The Bertz CT molecular complexity index is 1120. The van der Waals surface area contributed by atoms with Gasteiger partial charge in [0.2, 0.25) is 5.91 Å². The van der Waals surface area contributed by atoms with Crippen molar-refractivity contribution in [3.05, 3.63) is 80.5 Å². The van der Waals surface area contributed by atoms with Gasteiger partial charge in [0.15, 0.2) is 0 Å². The maximum absolute atomic E-state index is 13.1. The highest BCUT2D eigenvalue weighted by Gasteiger charge is 2.19. The molecule has 2 N–H and O–H groups in total. The van der Waals surface area contributed by atoms with Crippen LogP contribution in [0.25, 0.3) is 0 Å². The monoisotopic (exact) mass is 489 g/mol. The Morgan fingerprint density at radius 3 is 2.53 bits per heavy atom. The number of amides is 3. The van der Waals surface area contributed by atoms with Crippen LogP contribution in [0.1, 0.15) is 33.4 Å². The fourth-order valence-electron chi connectivity index (χ4n) is 2.99. The lowest BCUT2D eigenvalue weighted by Crippen LogP contribution is -2.38. The topological polar surface area (TPSA) is 78.5 Å². The van der Waals surface area contributed by atoms with Crippen LogP contribution < -0.4 is 10.6 Å². The van der Waals surface area contributed by atoms with Gasteiger partial charge in [-0.2, -0.15) is 0 Å². The second-order valence-corrected chi connectivity index (χ2v) is 8.70. The number of thiophene rings is 1. The van der Waals surface area contributed by atoms with E-state index in [2.05, 4.69) is 10.6 Å². The lowest BCUT2D eigenvalue weighted by molar-refractivity contribution is -0.116. The van der Waals surface area contributed by atoms with Crippen LogP contribution in [0.5, 0.6) is 0 Å². The first-order chi connectivity index (χ1) is 15.4. The van der Waals surface area contributed by atoms with Gasteiger partial charge in [-0.25, -0.2) is 0 Å². The van der Waals surface area contributed by atoms with Gasteiger partial charge in [0, 0.05) is 22.8 Å². The molecule has 0 unspecified atom stereocenters. The van der Waals surface area contributed by atoms with E-state index in [1.54, 1.807) is 54.6 Å². The summed E-state index contributed by atoms with van der Waals surface area (Å²) in [6.07, 6.45) is 0.672. The first-order valence-electron chi connectivity index (χ1n) is 9.86. The number of nitrogens with one attached hydrogen (secondary N) is 2. The Hall–Kier alpha value is -2.87. The quantitative estimate of drug-likeness (QED) is 0.419. The predicted octanol–water partition coefficient (Wildman–Crippen LogP) is 5.80. The summed E-state index contributed by atoms with van der Waals surface area (Å²) >= 11 is 13.4. The number of hydrogen-bond acceptors (Lipinski definition) is 4. The molecule has 0 aliphatic rings. The molecule has 1 aromatic heterocycles. The van der Waals surface area contributed by atoms with Crippen molar-refractivity contribution >= 4 is 63.6 Å². The summed E-state index contributed by atoms with van der Waals surface area (Å²) < 4.78 is 0. The number of carbonyl (C=O) groups excluding carboxylic acids is 3. The zero-order valence-electron chi connectivity index (χ0n) is 17.2. The van der Waals surface area contributed by atoms with E-state index in [1.165, 1.54) is 16.2 Å². The Kier molecular flexibility index (Phi) is 8.27. The summed E-state index contributed by atoms with van der Waals surface area (Å²) in [7, 11) is 0. The molecule has 1 heterocycles. The van der Waals surface area contributed by atoms with Crippen molar-refractivity contribution in [1.82, 2.24) is 4.90 Å². The first-order valence-corrected chi connectivity index (χ1v) is 11.5. The van der Waals surface area contributed by atoms with Crippen molar-refractivity contribution in [2.24, 2.45) is 0 Å². The lowest BCUT2D eigenvalue weighted by Gasteiger charge is -2.22. The zero-order valence-corrected chi connectivity index (χ0v) is 19.6. The molecule has 0 radical (unpaired) electrons. The van der Waals surface area contributed by atoms with Crippen molar-refractivity contribution in [2.75, 3.05) is 23.7 Å². The molecule has 0 aliphatic heterocycles. The summed E-state index contributed by atoms with van der Waals surface area (Å²) in [5.74, 6) is -0.947. The number of anilines is 2. The average molecular weight is 490 g/mol. The molecule has 3 amide bonds. The van der Waals surface area contributed by atoms with E-state index in [0.29, 0.717) is 44.8 Å². The summed E-state index contributed by atoms with van der Waals surface area (Å²) in [6, 6.07) is 14.9. The third-order valence-electron chi connectivity index (χ3n) is 4.43. The van der Waals surface area contributed by atoms with Gasteiger partial charge in [-0.1, -0.05) is 42.3 Å². The smallest absolute Gasteiger partial charge is 0.265 e. The van der Waals surface area contributed by atoms with Gasteiger partial charge in [0.05, 0.1) is 15.6 Å². The van der Waals surface area contributed by atoms with E-state index in [0.717, 1.165) is 0 Å². The Labute approximate surface area is 200 Å². The van der Waals surface area contributed by atoms with Gasteiger partial charge < -0.3 is 15.5 Å². The van der Waals surface area contributed by atoms with Crippen LogP contribution >= 0.6 is 34.5 Å². The van der Waals surface area contributed by atoms with Gasteiger partial charge in [-0.3, -0.25) is 14.4 Å². The molecule has 0 bridgehead atoms. The van der Waals surface area contributed by atoms with E-state index in [1.807, 2.05) is 12.3 Å². The molecule has 0 saturated heterocycles. The minimum atomic E-state index is -0.391. The summed E-state index contributed by atoms with van der Waals surface area (Å²) in [4.78, 5) is 40.0. The van der Waals surface area contributed by atoms with Gasteiger partial charge >= 0.3 is 0 Å². The normalized spacial score (nSPS) is 10.5. The highest BCUT2D eigenvalue weighted by Crippen LogP contribution is 2.25. The average Bonchev–Trinajstić information content (AvgIpc) is 3.31. The molecule has 2 aromatic carbocycles. The van der Waals surface area contributed by atoms with Crippen molar-refractivity contribution in [2.45, 2.75) is 13.3 Å². The highest BCUT2D eigenvalue weighted by atomic mass is 35.5. The Balaban J connectivity index is 1.70. The maximum Gasteiger partial charge on any atom is 0.265 e. The van der Waals surface area contributed by atoms with E-state index in [-0.39, 0.29) is 18.4 Å². The number of hydrogen-bond donors (Lipinski definition) is 2. The summed E-state index contributed by atoms with van der Waals surface area (Å²) in [5, 5.41) is 8.09. The molecule has 6 nitrogen and oxygen atoms in total. The van der Waals surface area contributed by atoms with Crippen molar-refractivity contribution in [1.29, 1.82) is 0 Å². The van der Waals surface area contributed by atoms with Crippen molar-refractivity contribution in [3.63, 3.8) is 0 Å². The number of benzene rings is 2. The van der Waals surface area contributed by atoms with Gasteiger partial charge in [0.1, 0.15) is 6.54 Å². The fourth-order valence-corrected chi connectivity index (χ4v) is 3.95. The molecule has 9 heteroatoms. The van der Waals surface area contributed by atoms with Gasteiger partial charge in [0.25, 0.3) is 11.8 Å². The van der Waals surface area contributed by atoms with Crippen LogP contribution in [0.3, 0.4) is 0 Å². The van der Waals surface area contributed by atoms with E-state index < -0.39 is 5.91 Å². The molecule has 0 fully saturated rings. The van der Waals surface area contributed by atoms with Crippen LogP contribution in [0.2, 0.25) is 10.0 Å². The third kappa shape index (κ3) is 6.32. The Morgan fingerprint density at radius 2 is 1.81 bits per heavy atom. The molecule has 0 saturated carbocycles. The molecule has 3 rings (SSSR count). The molecule has 0 aliphatic carbocycles. The van der Waals surface area contributed by atoms with Crippen LogP contribution in [-0.2, 0) is 4.79 Å². The number of rotatable bonds is 8. The second-order valence-electron chi connectivity index (χ2n) is 6.91. The maximum atomic E-state index is 13.1. The molecule has 166 valence electrons. The number of nitrogens with zero attached hydrogens (tertiary/aromatic N) is 1. The van der Waals surface area contributed by atoms with E-state index in [9.17, 15) is 14.4 Å². The van der Waals surface area contributed by atoms with Crippen molar-refractivity contribution in [3.8, 4) is 0 Å². The summed E-state index contributed by atoms with van der Waals surface area (Å²) in [6.45, 7) is 2.16. The molecule has 3 aromatic rings. The SMILES string of the molecule is CCCN(CC(=O)Nc1cc(Cl)ccc1Cl)C(=O)c1cccc(NC(=O)c2cccs2)c1. The van der Waals surface area contributed by atoms with Crippen LogP contribution in [0.15, 0.2) is 60.0 Å². The number of halogens is 2. The molecule has 0 spiro atoms. The number of carbonyl (C=O) groups is 3. The fraction of sp³-hybridized carbons (Fsp3) is 0.174. The minimum absolute atomic E-state index is 0.151. The third-order valence-corrected chi connectivity index (χ3v) is 5.86. The van der Waals surface area contributed by atoms with Gasteiger partial charge in [-0.15, -0.1) is 11.3 Å². The van der Waals surface area contributed by atoms with E-state index in [4.69, 9.17) is 23.2 Å². The van der Waals surface area contributed by atoms with Crippen LogP contribution in [0.4, 0.5) is 11.4 Å². The van der Waals surface area contributed by atoms with Crippen LogP contribution in [-0.4, -0.2) is 35.7 Å². The van der Waals surface area contributed by atoms with Gasteiger partial charge in [-0.05, 0) is 54.3 Å². The molecule has 0 atom stereocenters. The van der Waals surface area contributed by atoms with Crippen molar-refractivity contribution < 1.29 is 14.4 Å². The summed E-state index contributed by atoms with van der Waals surface area (Å²) in [5.41, 5.74) is 1.25. The largest absolute Gasteiger partial charge is 0.329 e. The van der Waals surface area contributed by atoms with E-state index >= 15 is 0 Å². The molecular weight excluding hydrogens is 469 g/mol. The predicted molar refractivity (Wildman–Crippen MR) is 130 cm³/mol. The highest BCUT2D eigenvalue weighted by molar-refractivity contribution is 7.12. The zero-order chi connectivity index (χ0) is 23.1. The first kappa shape index (κ1) is 23.8. The lowest BCUT2D eigenvalue weighted by atomic mass is 10.1. The standard InChI is InChI=1S/C23H21Cl2N3O3S/c1-2-10-28(14-21(29)27-19-13-16(24)8-9-18(19)25)23(31)15-5-3-6-17(12-15)26-22(30)20-7-4-11-32-20/h3-9,11-13H,2,10,14H2,1H3,(H,26,30)(H,27,29). The molecular formula is C23H21Cl2N3O3S. The second kappa shape index (κ2) is 11.1. The minimum Gasteiger partial charge on any atom is -0.329 e. The van der Waals surface area contributed by atoms with Crippen LogP contribution in [0, 0.1) is 0 Å². The molecule has 32 heavy (non-hydrogen) atoms.